The molecular weight excluding hydrogens is 314 g/mol. The zero-order chi connectivity index (χ0) is 18.1. The van der Waals surface area contributed by atoms with Crippen molar-refractivity contribution < 1.29 is 9.59 Å². The van der Waals surface area contributed by atoms with Crippen LogP contribution in [0.1, 0.15) is 18.4 Å². The summed E-state index contributed by atoms with van der Waals surface area (Å²) in [5.41, 5.74) is 2.98. The van der Waals surface area contributed by atoms with Gasteiger partial charge in [0.25, 0.3) is 0 Å². The van der Waals surface area contributed by atoms with E-state index in [2.05, 4.69) is 22.8 Å². The summed E-state index contributed by atoms with van der Waals surface area (Å²) >= 11 is 0. The lowest BCUT2D eigenvalue weighted by Crippen LogP contribution is -2.29. The topological polar surface area (TPSA) is 61.4 Å². The zero-order valence-corrected chi connectivity index (χ0v) is 14.8. The van der Waals surface area contributed by atoms with Gasteiger partial charge in [0.05, 0.1) is 0 Å². The number of anilines is 2. The van der Waals surface area contributed by atoms with Gasteiger partial charge in [0.1, 0.15) is 6.42 Å². The number of carbonyl (C=O) groups excluding carboxylic acids is 2. The molecule has 0 atom stereocenters. The van der Waals surface area contributed by atoms with Gasteiger partial charge in [0.2, 0.25) is 11.8 Å². The minimum absolute atomic E-state index is 0.166. The van der Waals surface area contributed by atoms with E-state index in [1.807, 2.05) is 61.5 Å². The second kappa shape index (κ2) is 9.47. The summed E-state index contributed by atoms with van der Waals surface area (Å²) in [6.07, 6.45) is 1.59. The average molecular weight is 339 g/mol. The molecule has 0 fully saturated rings. The van der Waals surface area contributed by atoms with Gasteiger partial charge in [-0.25, -0.2) is 0 Å². The predicted octanol–water partition coefficient (Wildman–Crippen LogP) is 2.83. The van der Waals surface area contributed by atoms with Crippen LogP contribution in [0.25, 0.3) is 0 Å². The largest absolute Gasteiger partial charge is 0.378 e. The number of nitrogens with one attached hydrogen (secondary N) is 2. The number of aryl methyl sites for hydroxylation is 1. The molecule has 2 rings (SSSR count). The van der Waals surface area contributed by atoms with Crippen LogP contribution in [0.2, 0.25) is 0 Å². The highest BCUT2D eigenvalue weighted by molar-refractivity contribution is 6.03. The molecule has 2 aromatic carbocycles. The highest BCUT2D eigenvalue weighted by Gasteiger charge is 2.09. The van der Waals surface area contributed by atoms with Crippen LogP contribution < -0.4 is 15.5 Å². The third-order valence-electron chi connectivity index (χ3n) is 3.80. The average Bonchev–Trinajstić information content (AvgIpc) is 2.60. The van der Waals surface area contributed by atoms with Gasteiger partial charge < -0.3 is 15.5 Å². The fourth-order valence-corrected chi connectivity index (χ4v) is 2.42. The minimum atomic E-state index is -0.307. The summed E-state index contributed by atoms with van der Waals surface area (Å²) in [5, 5.41) is 5.52. The third kappa shape index (κ3) is 6.67. The third-order valence-corrected chi connectivity index (χ3v) is 3.80. The van der Waals surface area contributed by atoms with Crippen molar-refractivity contribution in [3.63, 3.8) is 0 Å². The van der Waals surface area contributed by atoms with Crippen molar-refractivity contribution in [1.82, 2.24) is 5.32 Å². The van der Waals surface area contributed by atoms with Gasteiger partial charge in [0, 0.05) is 32.0 Å². The number of benzene rings is 2. The maximum Gasteiger partial charge on any atom is 0.233 e. The molecule has 0 heterocycles. The van der Waals surface area contributed by atoms with Crippen LogP contribution in [-0.2, 0) is 16.0 Å². The molecule has 0 spiro atoms. The molecule has 2 aromatic rings. The summed E-state index contributed by atoms with van der Waals surface area (Å²) in [6, 6.07) is 17.6. The second-order valence-corrected chi connectivity index (χ2v) is 6.11. The number of carbonyl (C=O) groups is 2. The molecule has 0 radical (unpaired) electrons. The van der Waals surface area contributed by atoms with Crippen molar-refractivity contribution in [2.24, 2.45) is 0 Å². The van der Waals surface area contributed by atoms with Crippen LogP contribution in [0.5, 0.6) is 0 Å². The molecule has 0 aliphatic heterocycles. The Bertz CT molecular complexity index is 682. The molecule has 132 valence electrons. The fourth-order valence-electron chi connectivity index (χ4n) is 2.42. The Morgan fingerprint density at radius 2 is 1.60 bits per heavy atom. The first-order chi connectivity index (χ1) is 12.0. The fraction of sp³-hybridized carbons (Fsp3) is 0.300. The molecule has 0 aliphatic rings. The van der Waals surface area contributed by atoms with E-state index in [0.29, 0.717) is 12.2 Å². The standard InChI is InChI=1S/C20H25N3O2/c1-23(2)18-12-10-17(11-13-18)22-20(25)15-19(24)21-14-6-9-16-7-4-3-5-8-16/h3-5,7-8,10-13H,6,9,14-15H2,1-2H3,(H,21,24)(H,22,25). The molecule has 0 aromatic heterocycles. The quantitative estimate of drug-likeness (QED) is 0.574. The molecule has 0 bridgehead atoms. The van der Waals surface area contributed by atoms with E-state index in [-0.39, 0.29) is 18.2 Å². The van der Waals surface area contributed by atoms with Crippen LogP contribution in [-0.4, -0.2) is 32.5 Å². The zero-order valence-electron chi connectivity index (χ0n) is 14.8. The second-order valence-electron chi connectivity index (χ2n) is 6.11. The Balaban J connectivity index is 1.66. The number of nitrogens with zero attached hydrogens (tertiary/aromatic N) is 1. The first-order valence-corrected chi connectivity index (χ1v) is 8.42. The number of hydrogen-bond donors (Lipinski definition) is 2. The highest BCUT2D eigenvalue weighted by atomic mass is 16.2. The van der Waals surface area contributed by atoms with Gasteiger partial charge in [-0.1, -0.05) is 30.3 Å². The molecule has 2 N–H and O–H groups in total. The molecule has 0 aliphatic carbocycles. The van der Waals surface area contributed by atoms with E-state index < -0.39 is 0 Å². The molecular formula is C20H25N3O2. The summed E-state index contributed by atoms with van der Waals surface area (Å²) in [4.78, 5) is 25.7. The molecule has 25 heavy (non-hydrogen) atoms. The van der Waals surface area contributed by atoms with Crippen molar-refractivity contribution in [2.45, 2.75) is 19.3 Å². The van der Waals surface area contributed by atoms with Crippen molar-refractivity contribution in [3.05, 3.63) is 60.2 Å². The van der Waals surface area contributed by atoms with Gasteiger partial charge in [-0.05, 0) is 42.7 Å². The highest BCUT2D eigenvalue weighted by Crippen LogP contribution is 2.15. The van der Waals surface area contributed by atoms with Gasteiger partial charge in [0.15, 0.2) is 0 Å². The number of hydrogen-bond acceptors (Lipinski definition) is 3. The summed E-state index contributed by atoms with van der Waals surface area (Å²) in [5.74, 6) is -0.561. The lowest BCUT2D eigenvalue weighted by Gasteiger charge is -2.13. The van der Waals surface area contributed by atoms with Gasteiger partial charge in [-0.15, -0.1) is 0 Å². The van der Waals surface area contributed by atoms with Crippen LogP contribution in [0.4, 0.5) is 11.4 Å². The van der Waals surface area contributed by atoms with Crippen LogP contribution >= 0.6 is 0 Å². The van der Waals surface area contributed by atoms with Crippen LogP contribution in [0.15, 0.2) is 54.6 Å². The Morgan fingerprint density at radius 3 is 2.24 bits per heavy atom. The molecule has 5 nitrogen and oxygen atoms in total. The summed E-state index contributed by atoms with van der Waals surface area (Å²) in [6.45, 7) is 0.568. The normalized spacial score (nSPS) is 10.2. The predicted molar refractivity (Wildman–Crippen MR) is 102 cm³/mol. The Labute approximate surface area is 149 Å². The lowest BCUT2D eigenvalue weighted by molar-refractivity contribution is -0.126. The van der Waals surface area contributed by atoms with Gasteiger partial charge >= 0.3 is 0 Å². The molecule has 0 saturated heterocycles. The van der Waals surface area contributed by atoms with Crippen molar-refractivity contribution >= 4 is 23.2 Å². The lowest BCUT2D eigenvalue weighted by atomic mass is 10.1. The van der Waals surface area contributed by atoms with E-state index in [1.165, 1.54) is 5.56 Å². The molecule has 0 saturated carbocycles. The van der Waals surface area contributed by atoms with E-state index in [9.17, 15) is 9.59 Å². The number of amides is 2. The summed E-state index contributed by atoms with van der Waals surface area (Å²) in [7, 11) is 3.91. The van der Waals surface area contributed by atoms with E-state index in [1.54, 1.807) is 0 Å². The van der Waals surface area contributed by atoms with Crippen molar-refractivity contribution in [2.75, 3.05) is 30.9 Å². The molecule has 2 amide bonds. The van der Waals surface area contributed by atoms with Gasteiger partial charge in [-0.3, -0.25) is 9.59 Å². The first kappa shape index (κ1) is 18.5. The maximum atomic E-state index is 11.9. The minimum Gasteiger partial charge on any atom is -0.378 e. The Morgan fingerprint density at radius 1 is 0.920 bits per heavy atom. The number of rotatable bonds is 8. The maximum absolute atomic E-state index is 11.9. The van der Waals surface area contributed by atoms with Crippen LogP contribution in [0.3, 0.4) is 0 Å². The first-order valence-electron chi connectivity index (χ1n) is 8.42. The van der Waals surface area contributed by atoms with E-state index in [4.69, 9.17) is 0 Å². The van der Waals surface area contributed by atoms with E-state index in [0.717, 1.165) is 18.5 Å². The summed E-state index contributed by atoms with van der Waals surface area (Å²) < 4.78 is 0. The SMILES string of the molecule is CN(C)c1ccc(NC(=O)CC(=O)NCCCc2ccccc2)cc1. The van der Waals surface area contributed by atoms with Gasteiger partial charge in [-0.2, -0.15) is 0 Å². The van der Waals surface area contributed by atoms with E-state index >= 15 is 0 Å². The van der Waals surface area contributed by atoms with Crippen LogP contribution in [0, 0.1) is 0 Å². The smallest absolute Gasteiger partial charge is 0.233 e. The monoisotopic (exact) mass is 339 g/mol. The Hall–Kier alpha value is -2.82. The molecule has 5 heteroatoms. The Kier molecular flexibility index (Phi) is 7.01. The van der Waals surface area contributed by atoms with Crippen molar-refractivity contribution in [3.8, 4) is 0 Å². The molecule has 0 unspecified atom stereocenters. The van der Waals surface area contributed by atoms with Crippen molar-refractivity contribution in [1.29, 1.82) is 0 Å².